The second kappa shape index (κ2) is 5.69. The molecular formula is C13H17FO4S. The quantitative estimate of drug-likeness (QED) is 0.780. The van der Waals surface area contributed by atoms with Gasteiger partial charge in [0.1, 0.15) is 24.5 Å². The summed E-state index contributed by atoms with van der Waals surface area (Å²) < 4.78 is 41.1. The molecule has 0 N–H and O–H groups in total. The van der Waals surface area contributed by atoms with Crippen molar-refractivity contribution >= 4 is 16.1 Å². The molecule has 0 spiro atoms. The van der Waals surface area contributed by atoms with Crippen LogP contribution in [0.5, 0.6) is 5.75 Å². The van der Waals surface area contributed by atoms with Crippen molar-refractivity contribution in [1.29, 1.82) is 0 Å². The van der Waals surface area contributed by atoms with Crippen LogP contribution in [0.3, 0.4) is 0 Å². The van der Waals surface area contributed by atoms with E-state index < -0.39 is 20.4 Å². The second-order valence-electron chi connectivity index (χ2n) is 5.12. The molecule has 19 heavy (non-hydrogen) atoms. The number of benzene rings is 1. The SMILES string of the molecule is CC(C)(C)S(=O)(=O)CCOc1cc(F)cc(C=O)c1. The molecule has 1 rings (SSSR count). The fraction of sp³-hybridized carbons (Fsp3) is 0.462. The summed E-state index contributed by atoms with van der Waals surface area (Å²) in [6.07, 6.45) is 0.502. The molecule has 0 heterocycles. The lowest BCUT2D eigenvalue weighted by Crippen LogP contribution is -2.32. The Balaban J connectivity index is 2.69. The van der Waals surface area contributed by atoms with Crippen molar-refractivity contribution in [3.05, 3.63) is 29.6 Å². The first kappa shape index (κ1) is 15.6. The first-order valence-electron chi connectivity index (χ1n) is 5.76. The van der Waals surface area contributed by atoms with E-state index in [1.54, 1.807) is 20.8 Å². The Hall–Kier alpha value is -1.43. The Morgan fingerprint density at radius 2 is 1.89 bits per heavy atom. The van der Waals surface area contributed by atoms with Crippen molar-refractivity contribution in [2.24, 2.45) is 0 Å². The molecule has 4 nitrogen and oxygen atoms in total. The third-order valence-corrected chi connectivity index (χ3v) is 5.15. The Morgan fingerprint density at radius 3 is 2.42 bits per heavy atom. The van der Waals surface area contributed by atoms with Gasteiger partial charge >= 0.3 is 0 Å². The topological polar surface area (TPSA) is 60.4 Å². The highest BCUT2D eigenvalue weighted by Gasteiger charge is 2.28. The van der Waals surface area contributed by atoms with Gasteiger partial charge in [0.25, 0.3) is 0 Å². The standard InChI is InChI=1S/C13H17FO4S/c1-13(2,3)19(16,17)5-4-18-12-7-10(9-15)6-11(14)8-12/h6-9H,4-5H2,1-3H3. The molecule has 1 aromatic rings. The van der Waals surface area contributed by atoms with Crippen LogP contribution in [0.25, 0.3) is 0 Å². The van der Waals surface area contributed by atoms with Crippen LogP contribution in [0.2, 0.25) is 0 Å². The molecule has 0 saturated heterocycles. The molecule has 0 aliphatic rings. The molecule has 0 aliphatic carbocycles. The molecule has 1 aromatic carbocycles. The Bertz CT molecular complexity index is 558. The predicted molar refractivity (Wildman–Crippen MR) is 70.8 cm³/mol. The fourth-order valence-electron chi connectivity index (χ4n) is 1.31. The normalized spacial score (nSPS) is 12.2. The molecular weight excluding hydrogens is 271 g/mol. The number of ether oxygens (including phenoxy) is 1. The van der Waals surface area contributed by atoms with Gasteiger partial charge in [-0.2, -0.15) is 0 Å². The molecule has 0 unspecified atom stereocenters. The van der Waals surface area contributed by atoms with E-state index in [2.05, 4.69) is 0 Å². The molecule has 0 atom stereocenters. The van der Waals surface area contributed by atoms with Crippen molar-refractivity contribution in [2.75, 3.05) is 12.4 Å². The third-order valence-electron chi connectivity index (χ3n) is 2.58. The van der Waals surface area contributed by atoms with Gasteiger partial charge in [-0.25, -0.2) is 12.8 Å². The summed E-state index contributed by atoms with van der Waals surface area (Å²) in [4.78, 5) is 10.6. The summed E-state index contributed by atoms with van der Waals surface area (Å²) in [5.74, 6) is -0.617. The van der Waals surface area contributed by atoms with Crippen LogP contribution >= 0.6 is 0 Å². The van der Waals surface area contributed by atoms with Crippen LogP contribution in [-0.2, 0) is 9.84 Å². The van der Waals surface area contributed by atoms with E-state index in [0.29, 0.717) is 6.29 Å². The first-order valence-corrected chi connectivity index (χ1v) is 7.42. The number of halogens is 1. The monoisotopic (exact) mass is 288 g/mol. The number of sulfone groups is 1. The summed E-state index contributed by atoms with van der Waals surface area (Å²) in [6, 6.07) is 3.54. The Kier molecular flexibility index (Phi) is 4.68. The van der Waals surface area contributed by atoms with Crippen molar-refractivity contribution in [3.8, 4) is 5.75 Å². The van der Waals surface area contributed by atoms with E-state index in [-0.39, 0.29) is 23.7 Å². The minimum atomic E-state index is -3.28. The van der Waals surface area contributed by atoms with Gasteiger partial charge in [0.05, 0.1) is 10.5 Å². The summed E-state index contributed by atoms with van der Waals surface area (Å²) in [6.45, 7) is 4.74. The largest absolute Gasteiger partial charge is 0.492 e. The lowest BCUT2D eigenvalue weighted by molar-refractivity contribution is 0.112. The minimum Gasteiger partial charge on any atom is -0.492 e. The highest BCUT2D eigenvalue weighted by molar-refractivity contribution is 7.92. The zero-order chi connectivity index (χ0) is 14.7. The van der Waals surface area contributed by atoms with Crippen LogP contribution in [0.1, 0.15) is 31.1 Å². The smallest absolute Gasteiger partial charge is 0.158 e. The van der Waals surface area contributed by atoms with Gasteiger partial charge < -0.3 is 4.74 Å². The van der Waals surface area contributed by atoms with E-state index >= 15 is 0 Å². The van der Waals surface area contributed by atoms with Gasteiger partial charge in [-0.05, 0) is 32.9 Å². The maximum atomic E-state index is 13.1. The van der Waals surface area contributed by atoms with E-state index in [1.807, 2.05) is 0 Å². The van der Waals surface area contributed by atoms with Crippen molar-refractivity contribution in [1.82, 2.24) is 0 Å². The zero-order valence-corrected chi connectivity index (χ0v) is 12.0. The summed E-state index contributed by atoms with van der Waals surface area (Å²) in [7, 11) is -3.28. The predicted octanol–water partition coefficient (Wildman–Crippen LogP) is 2.23. The number of hydrogen-bond acceptors (Lipinski definition) is 4. The fourth-order valence-corrected chi connectivity index (χ4v) is 2.23. The molecule has 0 amide bonds. The molecule has 0 aromatic heterocycles. The summed E-state index contributed by atoms with van der Waals surface area (Å²) in [5.41, 5.74) is 0.147. The molecule has 0 radical (unpaired) electrons. The van der Waals surface area contributed by atoms with Crippen LogP contribution in [0, 0.1) is 5.82 Å². The van der Waals surface area contributed by atoms with Crippen molar-refractivity contribution in [2.45, 2.75) is 25.5 Å². The average Bonchev–Trinajstić information content (AvgIpc) is 2.26. The van der Waals surface area contributed by atoms with Gasteiger partial charge in [0.15, 0.2) is 9.84 Å². The number of aldehydes is 1. The average molecular weight is 288 g/mol. The van der Waals surface area contributed by atoms with Gasteiger partial charge in [0, 0.05) is 11.6 Å². The van der Waals surface area contributed by atoms with Crippen LogP contribution in [-0.4, -0.2) is 31.8 Å². The third kappa shape index (κ3) is 4.31. The molecule has 0 saturated carbocycles. The van der Waals surface area contributed by atoms with Gasteiger partial charge in [0.2, 0.25) is 0 Å². The van der Waals surface area contributed by atoms with Crippen molar-refractivity contribution in [3.63, 3.8) is 0 Å². The van der Waals surface area contributed by atoms with Crippen LogP contribution in [0.15, 0.2) is 18.2 Å². The number of carbonyl (C=O) groups excluding carboxylic acids is 1. The highest BCUT2D eigenvalue weighted by atomic mass is 32.2. The lowest BCUT2D eigenvalue weighted by atomic mass is 10.2. The Labute approximate surface area is 112 Å². The number of rotatable bonds is 5. The van der Waals surface area contributed by atoms with Gasteiger partial charge in [-0.1, -0.05) is 0 Å². The molecule has 0 bridgehead atoms. The van der Waals surface area contributed by atoms with Gasteiger partial charge in [-0.15, -0.1) is 0 Å². The molecule has 6 heteroatoms. The summed E-state index contributed by atoms with van der Waals surface area (Å²) in [5, 5.41) is 0. The Morgan fingerprint density at radius 1 is 1.26 bits per heavy atom. The highest BCUT2D eigenvalue weighted by Crippen LogP contribution is 2.18. The molecule has 0 aliphatic heterocycles. The zero-order valence-electron chi connectivity index (χ0n) is 11.1. The summed E-state index contributed by atoms with van der Waals surface area (Å²) >= 11 is 0. The van der Waals surface area contributed by atoms with E-state index in [0.717, 1.165) is 12.1 Å². The van der Waals surface area contributed by atoms with Gasteiger partial charge in [-0.3, -0.25) is 4.79 Å². The number of hydrogen-bond donors (Lipinski definition) is 0. The first-order chi connectivity index (χ1) is 8.65. The second-order valence-corrected chi connectivity index (χ2v) is 7.98. The molecule has 0 fully saturated rings. The minimum absolute atomic E-state index is 0.0820. The van der Waals surface area contributed by atoms with E-state index in [4.69, 9.17) is 4.74 Å². The van der Waals surface area contributed by atoms with Crippen LogP contribution < -0.4 is 4.74 Å². The van der Waals surface area contributed by atoms with Crippen LogP contribution in [0.4, 0.5) is 4.39 Å². The van der Waals surface area contributed by atoms with E-state index in [1.165, 1.54) is 6.07 Å². The molecule has 106 valence electrons. The van der Waals surface area contributed by atoms with Crippen molar-refractivity contribution < 1.29 is 22.3 Å². The maximum absolute atomic E-state index is 13.1. The van der Waals surface area contributed by atoms with E-state index in [9.17, 15) is 17.6 Å². The maximum Gasteiger partial charge on any atom is 0.158 e. The lowest BCUT2D eigenvalue weighted by Gasteiger charge is -2.19. The number of carbonyl (C=O) groups is 1.